The molecule has 7 nitrogen and oxygen atoms in total. The van der Waals surface area contributed by atoms with Crippen LogP contribution >= 0.6 is 0 Å². The molecule has 2 aromatic rings. The zero-order valence-corrected chi connectivity index (χ0v) is 15.5. The highest BCUT2D eigenvalue weighted by molar-refractivity contribution is 5.83. The molecule has 1 saturated carbocycles. The van der Waals surface area contributed by atoms with Crippen LogP contribution in [0.15, 0.2) is 41.2 Å². The van der Waals surface area contributed by atoms with E-state index in [9.17, 15) is 9.59 Å². The first-order chi connectivity index (χ1) is 13.0. The lowest BCUT2D eigenvalue weighted by molar-refractivity contribution is -0.131. The second-order valence-electron chi connectivity index (χ2n) is 7.62. The van der Waals surface area contributed by atoms with E-state index in [-0.39, 0.29) is 29.4 Å². The van der Waals surface area contributed by atoms with E-state index < -0.39 is 0 Å². The Kier molecular flexibility index (Phi) is 4.70. The van der Waals surface area contributed by atoms with E-state index in [4.69, 9.17) is 5.73 Å². The molecule has 0 unspecified atom stereocenters. The van der Waals surface area contributed by atoms with E-state index in [1.165, 1.54) is 11.6 Å². The van der Waals surface area contributed by atoms with Gasteiger partial charge in [0, 0.05) is 37.7 Å². The molecule has 1 aromatic carbocycles. The third-order valence-corrected chi connectivity index (χ3v) is 5.66. The first-order valence-electron chi connectivity index (χ1n) is 9.41. The van der Waals surface area contributed by atoms with E-state index in [2.05, 4.69) is 27.0 Å². The van der Waals surface area contributed by atoms with Crippen molar-refractivity contribution in [3.63, 3.8) is 0 Å². The molecular weight excluding hydrogens is 342 g/mol. The standard InChI is InChI=1S/C20H25N5O2/c1-24(11-14-9-18(26)23-20(21)22-14)15-7-8-25(12-15)19(27)17-10-16(17)13-5-3-2-4-6-13/h2-6,9,15-17H,7-8,10-12H2,1H3,(H3,21,22,23,26)/t15-,16+,17-/m1/s1. The molecule has 2 fully saturated rings. The number of amides is 1. The summed E-state index contributed by atoms with van der Waals surface area (Å²) >= 11 is 0. The van der Waals surface area contributed by atoms with E-state index in [1.54, 1.807) is 0 Å². The Morgan fingerprint density at radius 2 is 2.15 bits per heavy atom. The molecule has 1 amide bonds. The summed E-state index contributed by atoms with van der Waals surface area (Å²) < 4.78 is 0. The minimum atomic E-state index is -0.241. The largest absolute Gasteiger partial charge is 0.369 e. The lowest BCUT2D eigenvalue weighted by Gasteiger charge is -2.24. The summed E-state index contributed by atoms with van der Waals surface area (Å²) in [6.07, 6.45) is 1.89. The maximum absolute atomic E-state index is 12.8. The molecule has 0 radical (unpaired) electrons. The van der Waals surface area contributed by atoms with Crippen molar-refractivity contribution in [1.29, 1.82) is 0 Å². The van der Waals surface area contributed by atoms with Gasteiger partial charge in [0.05, 0.1) is 5.69 Å². The fourth-order valence-corrected chi connectivity index (χ4v) is 4.07. The van der Waals surface area contributed by atoms with Crippen molar-refractivity contribution in [2.24, 2.45) is 5.92 Å². The Morgan fingerprint density at radius 3 is 2.89 bits per heavy atom. The molecular formula is C20H25N5O2. The van der Waals surface area contributed by atoms with Crippen LogP contribution in [0.4, 0.5) is 5.95 Å². The molecule has 2 heterocycles. The van der Waals surface area contributed by atoms with Gasteiger partial charge in [-0.05, 0) is 31.4 Å². The van der Waals surface area contributed by atoms with Gasteiger partial charge in [-0.1, -0.05) is 30.3 Å². The molecule has 7 heteroatoms. The number of hydrogen-bond acceptors (Lipinski definition) is 5. The topological polar surface area (TPSA) is 95.3 Å². The van der Waals surface area contributed by atoms with Gasteiger partial charge >= 0.3 is 0 Å². The summed E-state index contributed by atoms with van der Waals surface area (Å²) in [4.78, 5) is 35.2. The monoisotopic (exact) mass is 367 g/mol. The van der Waals surface area contributed by atoms with Gasteiger partial charge in [0.1, 0.15) is 0 Å². The molecule has 27 heavy (non-hydrogen) atoms. The van der Waals surface area contributed by atoms with Crippen LogP contribution in [0.3, 0.4) is 0 Å². The lowest BCUT2D eigenvalue weighted by Crippen LogP contribution is -2.37. The molecule has 1 aliphatic heterocycles. The van der Waals surface area contributed by atoms with Gasteiger partial charge in [-0.25, -0.2) is 4.98 Å². The normalized spacial score (nSPS) is 24.4. The minimum absolute atomic E-state index is 0.130. The smallest absolute Gasteiger partial charge is 0.252 e. The second kappa shape index (κ2) is 7.15. The molecule has 4 rings (SSSR count). The Bertz CT molecular complexity index is 881. The molecule has 2 aliphatic rings. The fourth-order valence-electron chi connectivity index (χ4n) is 4.07. The van der Waals surface area contributed by atoms with Crippen LogP contribution in [0.1, 0.15) is 30.0 Å². The van der Waals surface area contributed by atoms with E-state index in [0.717, 1.165) is 25.9 Å². The predicted octanol–water partition coefficient (Wildman–Crippen LogP) is 1.19. The quantitative estimate of drug-likeness (QED) is 0.828. The number of rotatable bonds is 5. The van der Waals surface area contributed by atoms with E-state index >= 15 is 0 Å². The molecule has 1 saturated heterocycles. The van der Waals surface area contributed by atoms with Gasteiger partial charge < -0.3 is 10.6 Å². The number of anilines is 1. The van der Waals surface area contributed by atoms with E-state index in [0.29, 0.717) is 18.2 Å². The summed E-state index contributed by atoms with van der Waals surface area (Å²) in [5.41, 5.74) is 7.29. The van der Waals surface area contributed by atoms with Crippen molar-refractivity contribution < 1.29 is 4.79 Å². The van der Waals surface area contributed by atoms with Crippen LogP contribution in [-0.4, -0.2) is 51.9 Å². The maximum atomic E-state index is 12.8. The first-order valence-corrected chi connectivity index (χ1v) is 9.41. The molecule has 3 atom stereocenters. The van der Waals surface area contributed by atoms with Crippen LogP contribution in [0.25, 0.3) is 0 Å². The number of carbonyl (C=O) groups is 1. The third kappa shape index (κ3) is 3.88. The van der Waals surface area contributed by atoms with Crippen LogP contribution in [-0.2, 0) is 11.3 Å². The Morgan fingerprint density at radius 1 is 1.37 bits per heavy atom. The number of aromatic nitrogens is 2. The van der Waals surface area contributed by atoms with Crippen molar-refractivity contribution in [2.75, 3.05) is 25.9 Å². The number of hydrogen-bond donors (Lipinski definition) is 2. The summed E-state index contributed by atoms with van der Waals surface area (Å²) in [5, 5.41) is 0. The molecule has 3 N–H and O–H groups in total. The number of H-pyrrole nitrogens is 1. The van der Waals surface area contributed by atoms with Crippen LogP contribution in [0, 0.1) is 5.92 Å². The maximum Gasteiger partial charge on any atom is 0.252 e. The third-order valence-electron chi connectivity index (χ3n) is 5.66. The number of nitrogens with zero attached hydrogens (tertiary/aromatic N) is 3. The van der Waals surface area contributed by atoms with Gasteiger partial charge in [-0.15, -0.1) is 0 Å². The SMILES string of the molecule is CN(Cc1cc(=O)[nH]c(N)n1)[C@@H]1CCN(C(=O)[C@@H]2C[C@H]2c2ccccc2)C1. The molecule has 1 aromatic heterocycles. The van der Waals surface area contributed by atoms with E-state index in [1.807, 2.05) is 30.1 Å². The van der Waals surface area contributed by atoms with Gasteiger partial charge in [-0.3, -0.25) is 19.5 Å². The molecule has 142 valence electrons. The number of benzene rings is 1. The van der Waals surface area contributed by atoms with Crippen molar-refractivity contribution in [2.45, 2.75) is 31.3 Å². The van der Waals surface area contributed by atoms with Crippen molar-refractivity contribution in [3.8, 4) is 0 Å². The average Bonchev–Trinajstić information content (AvgIpc) is 3.28. The van der Waals surface area contributed by atoms with Crippen molar-refractivity contribution in [3.05, 3.63) is 58.0 Å². The fraction of sp³-hybridized carbons (Fsp3) is 0.450. The number of nitrogens with one attached hydrogen (secondary N) is 1. The number of nitrogens with two attached hydrogens (primary N) is 1. The Balaban J connectivity index is 1.33. The highest BCUT2D eigenvalue weighted by Crippen LogP contribution is 2.48. The number of likely N-dealkylation sites (N-methyl/N-ethyl adjacent to an activating group) is 1. The van der Waals surface area contributed by atoms with Crippen LogP contribution < -0.4 is 11.3 Å². The summed E-state index contributed by atoms with van der Waals surface area (Å²) in [5.74, 6) is 0.914. The van der Waals surface area contributed by atoms with Gasteiger partial charge in [0.2, 0.25) is 11.9 Å². The van der Waals surface area contributed by atoms with Crippen molar-refractivity contribution >= 4 is 11.9 Å². The Hall–Kier alpha value is -2.67. The van der Waals surface area contributed by atoms with Crippen LogP contribution in [0.5, 0.6) is 0 Å². The highest BCUT2D eigenvalue weighted by atomic mass is 16.2. The number of aromatic amines is 1. The van der Waals surface area contributed by atoms with Gasteiger partial charge in [0.15, 0.2) is 0 Å². The van der Waals surface area contributed by atoms with Crippen molar-refractivity contribution in [1.82, 2.24) is 19.8 Å². The molecule has 0 bridgehead atoms. The zero-order valence-electron chi connectivity index (χ0n) is 15.5. The highest BCUT2D eigenvalue weighted by Gasteiger charge is 2.46. The van der Waals surface area contributed by atoms with Crippen LogP contribution in [0.2, 0.25) is 0 Å². The Labute approximate surface area is 158 Å². The summed E-state index contributed by atoms with van der Waals surface area (Å²) in [7, 11) is 2.00. The lowest BCUT2D eigenvalue weighted by atomic mass is 10.1. The zero-order chi connectivity index (χ0) is 19.0. The predicted molar refractivity (Wildman–Crippen MR) is 103 cm³/mol. The molecule has 0 spiro atoms. The minimum Gasteiger partial charge on any atom is -0.369 e. The first kappa shape index (κ1) is 17.7. The second-order valence-corrected chi connectivity index (χ2v) is 7.62. The number of nitrogen functional groups attached to an aromatic ring is 1. The number of carbonyl (C=O) groups excluding carboxylic acids is 1. The summed E-state index contributed by atoms with van der Waals surface area (Å²) in [6, 6.07) is 12.0. The molecule has 1 aliphatic carbocycles. The number of likely N-dealkylation sites (tertiary alicyclic amines) is 1. The van der Waals surface area contributed by atoms with Gasteiger partial charge in [0.25, 0.3) is 5.56 Å². The average molecular weight is 367 g/mol. The van der Waals surface area contributed by atoms with Gasteiger partial charge in [-0.2, -0.15) is 0 Å². The summed E-state index contributed by atoms with van der Waals surface area (Å²) in [6.45, 7) is 2.06.